The Morgan fingerprint density at radius 2 is 2.00 bits per heavy atom. The van der Waals surface area contributed by atoms with E-state index in [4.69, 9.17) is 26.8 Å². The molecule has 2 aromatic heterocycles. The van der Waals surface area contributed by atoms with Gasteiger partial charge in [0.05, 0.1) is 41.6 Å². The van der Waals surface area contributed by atoms with E-state index in [-0.39, 0.29) is 23.6 Å². The first kappa shape index (κ1) is 20.8. The molecule has 3 aromatic rings. The third-order valence-corrected chi connectivity index (χ3v) is 6.10. The van der Waals surface area contributed by atoms with Crippen LogP contribution in [-0.2, 0) is 24.1 Å². The molecule has 0 unspecified atom stereocenters. The number of alkyl halides is 3. The van der Waals surface area contributed by atoms with E-state index in [0.29, 0.717) is 29.9 Å². The standard InChI is InChI=1S/C21H16ClF3N4O3/c1-29(17-8-32-18-4-14(22)13(2-10(17)18)21(23,24)25)20(30)15-3-9-11-6-31-7-12(11)19(26)28-16(9)5-27-15/h2-5,17H,6-8H2,1H3,(H2,26,28)/t17-/m1/s1. The van der Waals surface area contributed by atoms with Gasteiger partial charge in [-0.05, 0) is 23.8 Å². The molecule has 2 aliphatic heterocycles. The Kier molecular flexibility index (Phi) is 4.68. The van der Waals surface area contributed by atoms with Crippen LogP contribution in [0.25, 0.3) is 10.9 Å². The molecule has 0 fully saturated rings. The SMILES string of the molecule is CN(C(=O)c1cc2c3c(c(N)nc2cn1)COC3)[C@@H]1COc2cc(Cl)c(C(F)(F)F)cc21. The largest absolute Gasteiger partial charge is 0.491 e. The van der Waals surface area contributed by atoms with Crippen LogP contribution in [-0.4, -0.2) is 34.4 Å². The number of amides is 1. The summed E-state index contributed by atoms with van der Waals surface area (Å²) in [6, 6.07) is 2.94. The normalized spacial score (nSPS) is 17.2. The number of nitrogen functional groups attached to an aromatic ring is 1. The fourth-order valence-electron chi connectivity index (χ4n) is 4.07. The number of likely N-dealkylation sites (N-methyl/N-ethyl adjacent to an activating group) is 1. The van der Waals surface area contributed by atoms with Gasteiger partial charge < -0.3 is 20.1 Å². The average Bonchev–Trinajstić information content (AvgIpc) is 3.39. The predicted molar refractivity (Wildman–Crippen MR) is 109 cm³/mol. The molecular formula is C21H16ClF3N4O3. The van der Waals surface area contributed by atoms with Crippen molar-refractivity contribution in [3.8, 4) is 5.75 Å². The molecule has 0 spiro atoms. The van der Waals surface area contributed by atoms with Crippen LogP contribution in [0.2, 0.25) is 5.02 Å². The molecule has 2 N–H and O–H groups in total. The number of ether oxygens (including phenoxy) is 2. The number of nitrogens with two attached hydrogens (primary N) is 1. The van der Waals surface area contributed by atoms with Gasteiger partial charge in [0.15, 0.2) is 0 Å². The summed E-state index contributed by atoms with van der Waals surface area (Å²) in [4.78, 5) is 23.0. The molecule has 2 aliphatic rings. The maximum atomic E-state index is 13.3. The zero-order valence-corrected chi connectivity index (χ0v) is 17.4. The quantitative estimate of drug-likeness (QED) is 0.613. The number of rotatable bonds is 2. The lowest BCUT2D eigenvalue weighted by atomic mass is 10.0. The van der Waals surface area contributed by atoms with Gasteiger partial charge in [0.1, 0.15) is 23.9 Å². The molecule has 0 saturated heterocycles. The lowest BCUT2D eigenvalue weighted by Crippen LogP contribution is -2.32. The Morgan fingerprint density at radius 3 is 2.75 bits per heavy atom. The molecule has 1 atom stereocenters. The van der Waals surface area contributed by atoms with Gasteiger partial charge in [-0.15, -0.1) is 0 Å². The highest BCUT2D eigenvalue weighted by atomic mass is 35.5. The van der Waals surface area contributed by atoms with Crippen LogP contribution in [0.4, 0.5) is 19.0 Å². The minimum absolute atomic E-state index is 0.00409. The zero-order valence-electron chi connectivity index (χ0n) is 16.7. The molecule has 4 heterocycles. The lowest BCUT2D eigenvalue weighted by molar-refractivity contribution is -0.137. The summed E-state index contributed by atoms with van der Waals surface area (Å²) in [5.74, 6) is 0.108. The van der Waals surface area contributed by atoms with Crippen LogP contribution in [0.15, 0.2) is 24.4 Å². The van der Waals surface area contributed by atoms with Crippen LogP contribution in [0.5, 0.6) is 5.75 Å². The van der Waals surface area contributed by atoms with E-state index in [1.807, 2.05) is 0 Å². The molecular weight excluding hydrogens is 449 g/mol. The van der Waals surface area contributed by atoms with Gasteiger partial charge in [-0.2, -0.15) is 13.2 Å². The number of carbonyl (C=O) groups excluding carboxylic acids is 1. The van der Waals surface area contributed by atoms with Crippen molar-refractivity contribution in [1.29, 1.82) is 0 Å². The smallest absolute Gasteiger partial charge is 0.417 e. The summed E-state index contributed by atoms with van der Waals surface area (Å²) in [6.07, 6.45) is -3.18. The summed E-state index contributed by atoms with van der Waals surface area (Å²) in [5, 5.41) is 0.248. The van der Waals surface area contributed by atoms with Crippen molar-refractivity contribution in [2.45, 2.75) is 25.4 Å². The molecule has 166 valence electrons. The molecule has 0 aliphatic carbocycles. The minimum Gasteiger partial charge on any atom is -0.491 e. The van der Waals surface area contributed by atoms with Gasteiger partial charge in [0, 0.05) is 23.6 Å². The van der Waals surface area contributed by atoms with E-state index in [1.54, 1.807) is 6.07 Å². The van der Waals surface area contributed by atoms with Crippen molar-refractivity contribution in [2.75, 3.05) is 19.4 Å². The molecule has 0 bridgehead atoms. The van der Waals surface area contributed by atoms with Crippen molar-refractivity contribution in [3.05, 3.63) is 57.4 Å². The van der Waals surface area contributed by atoms with Gasteiger partial charge in [0.25, 0.3) is 5.91 Å². The molecule has 5 rings (SSSR count). The summed E-state index contributed by atoms with van der Waals surface area (Å²) in [5.41, 5.74) is 7.52. The molecule has 32 heavy (non-hydrogen) atoms. The highest BCUT2D eigenvalue weighted by molar-refractivity contribution is 6.31. The number of hydrogen-bond acceptors (Lipinski definition) is 6. The molecule has 11 heteroatoms. The van der Waals surface area contributed by atoms with Gasteiger partial charge in [-0.1, -0.05) is 11.6 Å². The first-order valence-electron chi connectivity index (χ1n) is 9.60. The van der Waals surface area contributed by atoms with Crippen molar-refractivity contribution in [1.82, 2.24) is 14.9 Å². The lowest BCUT2D eigenvalue weighted by Gasteiger charge is -2.24. The molecule has 0 saturated carbocycles. The van der Waals surface area contributed by atoms with E-state index in [2.05, 4.69) is 9.97 Å². The number of carbonyl (C=O) groups is 1. The average molecular weight is 465 g/mol. The van der Waals surface area contributed by atoms with Crippen LogP contribution >= 0.6 is 11.6 Å². The zero-order chi connectivity index (χ0) is 22.8. The number of benzene rings is 1. The van der Waals surface area contributed by atoms with Crippen molar-refractivity contribution in [2.24, 2.45) is 0 Å². The Hall–Kier alpha value is -3.11. The third-order valence-electron chi connectivity index (χ3n) is 5.78. The monoisotopic (exact) mass is 464 g/mol. The second kappa shape index (κ2) is 7.21. The fraction of sp³-hybridized carbons (Fsp3) is 0.286. The Balaban J connectivity index is 1.50. The van der Waals surface area contributed by atoms with Crippen molar-refractivity contribution >= 4 is 34.2 Å². The second-order valence-electron chi connectivity index (χ2n) is 7.64. The van der Waals surface area contributed by atoms with E-state index in [0.717, 1.165) is 23.3 Å². The summed E-state index contributed by atoms with van der Waals surface area (Å²) in [6.45, 7) is 0.691. The number of halogens is 4. The number of anilines is 1. The summed E-state index contributed by atoms with van der Waals surface area (Å²) in [7, 11) is 1.49. The van der Waals surface area contributed by atoms with E-state index in [9.17, 15) is 18.0 Å². The first-order valence-corrected chi connectivity index (χ1v) is 9.98. The van der Waals surface area contributed by atoms with Crippen LogP contribution in [0.1, 0.15) is 38.8 Å². The fourth-order valence-corrected chi connectivity index (χ4v) is 4.33. The first-order chi connectivity index (χ1) is 15.1. The number of hydrogen-bond donors (Lipinski definition) is 1. The Bertz CT molecular complexity index is 1280. The Morgan fingerprint density at radius 1 is 1.25 bits per heavy atom. The topological polar surface area (TPSA) is 90.6 Å². The Labute approximate surface area is 184 Å². The maximum absolute atomic E-state index is 13.3. The van der Waals surface area contributed by atoms with Crippen LogP contribution in [0.3, 0.4) is 0 Å². The number of nitrogens with zero attached hydrogens (tertiary/aromatic N) is 3. The van der Waals surface area contributed by atoms with E-state index in [1.165, 1.54) is 18.1 Å². The summed E-state index contributed by atoms with van der Waals surface area (Å²) < 4.78 is 50.9. The highest BCUT2D eigenvalue weighted by Gasteiger charge is 2.38. The van der Waals surface area contributed by atoms with Gasteiger partial charge >= 0.3 is 6.18 Å². The predicted octanol–water partition coefficient (Wildman–Crippen LogP) is 4.12. The third kappa shape index (κ3) is 3.21. The highest BCUT2D eigenvalue weighted by Crippen LogP contribution is 2.44. The number of fused-ring (bicyclic) bond motifs is 4. The maximum Gasteiger partial charge on any atom is 0.417 e. The van der Waals surface area contributed by atoms with Gasteiger partial charge in [0.2, 0.25) is 0 Å². The summed E-state index contributed by atoms with van der Waals surface area (Å²) >= 11 is 5.78. The molecule has 0 radical (unpaired) electrons. The minimum atomic E-state index is -4.63. The van der Waals surface area contributed by atoms with E-state index < -0.39 is 28.7 Å². The van der Waals surface area contributed by atoms with Gasteiger partial charge in [-0.25, -0.2) is 9.97 Å². The molecule has 1 amide bonds. The number of aromatic nitrogens is 2. The van der Waals surface area contributed by atoms with Crippen LogP contribution < -0.4 is 10.5 Å². The number of pyridine rings is 2. The van der Waals surface area contributed by atoms with Gasteiger partial charge in [-0.3, -0.25) is 4.79 Å². The van der Waals surface area contributed by atoms with Crippen LogP contribution in [0, 0.1) is 0 Å². The van der Waals surface area contributed by atoms with Crippen molar-refractivity contribution in [3.63, 3.8) is 0 Å². The van der Waals surface area contributed by atoms with E-state index >= 15 is 0 Å². The van der Waals surface area contributed by atoms with Crippen molar-refractivity contribution < 1.29 is 27.4 Å². The molecule has 1 aromatic carbocycles. The second-order valence-corrected chi connectivity index (χ2v) is 8.05. The molecule has 7 nitrogen and oxygen atoms in total.